The van der Waals surface area contributed by atoms with E-state index in [1.807, 2.05) is 60.1 Å². The summed E-state index contributed by atoms with van der Waals surface area (Å²) in [6.07, 6.45) is 0. The molecule has 1 aliphatic rings. The largest absolute Gasteiger partial charge is 0.487 e. The van der Waals surface area contributed by atoms with E-state index in [9.17, 15) is 4.79 Å². The molecular formula is C20H16N4O2S. The number of carbonyl (C=O) groups is 1. The molecule has 2 aromatic carbocycles. The number of benzene rings is 2. The molecule has 7 heteroatoms. The maximum Gasteiger partial charge on any atom is 0.276 e. The Morgan fingerprint density at radius 1 is 1.07 bits per heavy atom. The lowest BCUT2D eigenvalue weighted by Crippen LogP contribution is -2.40. The Labute approximate surface area is 159 Å². The molecule has 5 rings (SSSR count). The Balaban J connectivity index is 1.37. The van der Waals surface area contributed by atoms with Crippen LogP contribution in [0.25, 0.3) is 10.2 Å². The van der Waals surface area contributed by atoms with Gasteiger partial charge in [-0.25, -0.2) is 4.98 Å². The normalized spacial score (nSPS) is 13.8. The maximum atomic E-state index is 13.0. The highest BCUT2D eigenvalue weighted by molar-refractivity contribution is 7.16. The van der Waals surface area contributed by atoms with Crippen LogP contribution in [0.1, 0.15) is 16.2 Å². The van der Waals surface area contributed by atoms with E-state index in [2.05, 4.69) is 10.1 Å². The molecule has 0 fully saturated rings. The smallest absolute Gasteiger partial charge is 0.276 e. The lowest BCUT2D eigenvalue weighted by Gasteiger charge is -2.27. The fraction of sp³-hybridized carbons (Fsp3) is 0.150. The van der Waals surface area contributed by atoms with E-state index in [4.69, 9.17) is 4.74 Å². The van der Waals surface area contributed by atoms with Gasteiger partial charge >= 0.3 is 0 Å². The molecule has 0 radical (unpaired) electrons. The summed E-state index contributed by atoms with van der Waals surface area (Å²) < 4.78 is 8.63. The highest BCUT2D eigenvalue weighted by atomic mass is 32.1. The molecule has 1 amide bonds. The Morgan fingerprint density at radius 3 is 2.85 bits per heavy atom. The molecular weight excluding hydrogens is 360 g/mol. The van der Waals surface area contributed by atoms with Gasteiger partial charge in [0.1, 0.15) is 23.7 Å². The molecule has 0 saturated carbocycles. The van der Waals surface area contributed by atoms with Crippen molar-refractivity contribution in [2.45, 2.75) is 13.2 Å². The van der Waals surface area contributed by atoms with Crippen LogP contribution in [0.3, 0.4) is 0 Å². The van der Waals surface area contributed by atoms with Crippen molar-refractivity contribution in [3.63, 3.8) is 0 Å². The quantitative estimate of drug-likeness (QED) is 0.544. The minimum absolute atomic E-state index is 0.0470. The van der Waals surface area contributed by atoms with Crippen LogP contribution in [0, 0.1) is 0 Å². The minimum Gasteiger partial charge on any atom is -0.487 e. The summed E-state index contributed by atoms with van der Waals surface area (Å²) >= 11 is 1.60. The predicted octanol–water partition coefficient (Wildman–Crippen LogP) is 3.73. The van der Waals surface area contributed by atoms with E-state index in [-0.39, 0.29) is 5.91 Å². The molecule has 4 aromatic rings. The first-order valence-corrected chi connectivity index (χ1v) is 9.55. The van der Waals surface area contributed by atoms with Crippen LogP contribution in [0.2, 0.25) is 0 Å². The predicted molar refractivity (Wildman–Crippen MR) is 104 cm³/mol. The maximum absolute atomic E-state index is 13.0. The Kier molecular flexibility index (Phi) is 3.86. The average molecular weight is 376 g/mol. The van der Waals surface area contributed by atoms with Crippen molar-refractivity contribution in [2.75, 3.05) is 11.4 Å². The lowest BCUT2D eigenvalue weighted by molar-refractivity contribution is 0.0962. The topological polar surface area (TPSA) is 60.2 Å². The van der Waals surface area contributed by atoms with Gasteiger partial charge in [0.2, 0.25) is 0 Å². The number of rotatable bonds is 4. The number of para-hydroxylation sites is 1. The van der Waals surface area contributed by atoms with Gasteiger partial charge in [-0.3, -0.25) is 9.48 Å². The van der Waals surface area contributed by atoms with E-state index >= 15 is 0 Å². The fourth-order valence-corrected chi connectivity index (χ4v) is 3.91. The van der Waals surface area contributed by atoms with Crippen molar-refractivity contribution in [1.29, 1.82) is 0 Å². The second-order valence-electron chi connectivity index (χ2n) is 6.31. The number of fused-ring (bicyclic) bond motifs is 2. The van der Waals surface area contributed by atoms with Crippen molar-refractivity contribution < 1.29 is 9.53 Å². The Bertz CT molecular complexity index is 1120. The Hall–Kier alpha value is -3.19. The molecule has 0 aliphatic carbocycles. The second kappa shape index (κ2) is 6.51. The van der Waals surface area contributed by atoms with E-state index in [1.165, 1.54) is 0 Å². The number of hydrogen-bond donors (Lipinski definition) is 0. The van der Waals surface area contributed by atoms with E-state index < -0.39 is 0 Å². The third kappa shape index (κ3) is 2.96. The first kappa shape index (κ1) is 16.0. The third-order valence-corrected chi connectivity index (χ3v) is 5.40. The molecule has 0 spiro atoms. The number of nitrogens with zero attached hydrogens (tertiary/aromatic N) is 4. The number of amides is 1. The molecule has 2 aromatic heterocycles. The first-order valence-electron chi connectivity index (χ1n) is 8.68. The highest BCUT2D eigenvalue weighted by Crippen LogP contribution is 2.27. The molecule has 0 bridgehead atoms. The van der Waals surface area contributed by atoms with Crippen molar-refractivity contribution in [3.05, 3.63) is 71.5 Å². The number of carbonyl (C=O) groups excluding carboxylic acids is 1. The van der Waals surface area contributed by atoms with Crippen LogP contribution in [-0.2, 0) is 13.2 Å². The van der Waals surface area contributed by atoms with Crippen LogP contribution in [0.5, 0.6) is 5.75 Å². The number of thiazole rings is 1. The molecule has 0 atom stereocenters. The van der Waals surface area contributed by atoms with Gasteiger partial charge in [-0.05, 0) is 36.4 Å². The molecule has 134 valence electrons. The third-order valence-electron chi connectivity index (χ3n) is 4.59. The average Bonchev–Trinajstić information content (AvgIpc) is 3.34. The van der Waals surface area contributed by atoms with Gasteiger partial charge in [0.15, 0.2) is 0 Å². The summed E-state index contributed by atoms with van der Waals surface area (Å²) in [5.41, 5.74) is 4.94. The number of ether oxygens (including phenoxy) is 1. The second-order valence-corrected chi connectivity index (χ2v) is 7.19. The van der Waals surface area contributed by atoms with Crippen molar-refractivity contribution in [1.82, 2.24) is 14.8 Å². The SMILES string of the molecule is O=C1c2cc(COc3ccccc3)nn2CCN1c1ccc2scnc2c1. The summed E-state index contributed by atoms with van der Waals surface area (Å²) in [5, 5.41) is 4.52. The Morgan fingerprint density at radius 2 is 1.96 bits per heavy atom. The van der Waals surface area contributed by atoms with E-state index in [0.29, 0.717) is 25.4 Å². The molecule has 6 nitrogen and oxygen atoms in total. The molecule has 0 saturated heterocycles. The van der Waals surface area contributed by atoms with E-state index in [0.717, 1.165) is 27.3 Å². The summed E-state index contributed by atoms with van der Waals surface area (Å²) in [6.45, 7) is 1.58. The number of hydrogen-bond acceptors (Lipinski definition) is 5. The van der Waals surface area contributed by atoms with Gasteiger partial charge in [0, 0.05) is 12.2 Å². The van der Waals surface area contributed by atoms with Crippen LogP contribution >= 0.6 is 11.3 Å². The van der Waals surface area contributed by atoms with Crippen molar-refractivity contribution >= 4 is 33.1 Å². The number of anilines is 1. The van der Waals surface area contributed by atoms with Gasteiger partial charge in [-0.2, -0.15) is 5.10 Å². The summed E-state index contributed by atoms with van der Waals surface area (Å²) in [6, 6.07) is 17.4. The summed E-state index contributed by atoms with van der Waals surface area (Å²) in [5.74, 6) is 0.738. The molecule has 0 unspecified atom stereocenters. The summed E-state index contributed by atoms with van der Waals surface area (Å²) in [7, 11) is 0. The van der Waals surface area contributed by atoms with Crippen LogP contribution in [0.4, 0.5) is 5.69 Å². The van der Waals surface area contributed by atoms with Crippen LogP contribution in [0.15, 0.2) is 60.1 Å². The summed E-state index contributed by atoms with van der Waals surface area (Å²) in [4.78, 5) is 19.1. The van der Waals surface area contributed by atoms with Gasteiger partial charge in [0.25, 0.3) is 5.91 Å². The van der Waals surface area contributed by atoms with Gasteiger partial charge in [-0.1, -0.05) is 18.2 Å². The van der Waals surface area contributed by atoms with E-state index in [1.54, 1.807) is 20.9 Å². The first-order chi connectivity index (χ1) is 13.3. The molecule has 3 heterocycles. The number of aromatic nitrogens is 3. The minimum atomic E-state index is -0.0470. The molecule has 27 heavy (non-hydrogen) atoms. The zero-order valence-corrected chi connectivity index (χ0v) is 15.2. The molecule has 1 aliphatic heterocycles. The van der Waals surface area contributed by atoms with Gasteiger partial charge < -0.3 is 9.64 Å². The van der Waals surface area contributed by atoms with Crippen molar-refractivity contribution in [2.24, 2.45) is 0 Å². The highest BCUT2D eigenvalue weighted by Gasteiger charge is 2.27. The van der Waals surface area contributed by atoms with Crippen LogP contribution in [-0.4, -0.2) is 27.2 Å². The lowest BCUT2D eigenvalue weighted by atomic mass is 10.2. The zero-order chi connectivity index (χ0) is 18.2. The standard InChI is InChI=1S/C20H16N4O2S/c25-20-18-10-14(12-26-16-4-2-1-3-5-16)22-24(18)9-8-23(20)15-6-7-19-17(11-15)21-13-27-19/h1-7,10-11,13H,8-9,12H2. The van der Waals surface area contributed by atoms with Crippen LogP contribution < -0.4 is 9.64 Å². The fourth-order valence-electron chi connectivity index (χ4n) is 3.25. The zero-order valence-electron chi connectivity index (χ0n) is 14.4. The van der Waals surface area contributed by atoms with Crippen molar-refractivity contribution in [3.8, 4) is 5.75 Å². The monoisotopic (exact) mass is 376 g/mol. The molecule has 0 N–H and O–H groups in total. The van der Waals surface area contributed by atoms with Gasteiger partial charge in [-0.15, -0.1) is 11.3 Å². The van der Waals surface area contributed by atoms with Gasteiger partial charge in [0.05, 0.1) is 22.3 Å².